The van der Waals surface area contributed by atoms with Crippen molar-refractivity contribution in [3.8, 4) is 0 Å². The number of aliphatic hydroxyl groups excluding tert-OH is 1. The number of aliphatic hydroxyl groups is 1. The highest BCUT2D eigenvalue weighted by Gasteiger charge is 2.57. The topological polar surface area (TPSA) is 176 Å². The van der Waals surface area contributed by atoms with Gasteiger partial charge in [-0.1, -0.05) is 19.0 Å². The van der Waals surface area contributed by atoms with Crippen LogP contribution < -0.4 is 0 Å². The van der Waals surface area contributed by atoms with E-state index in [1.54, 1.807) is 20.1 Å². The minimum Gasteiger partial charge on any atom is -0.459 e. The van der Waals surface area contributed by atoms with Gasteiger partial charge in [-0.25, -0.2) is 4.79 Å². The summed E-state index contributed by atoms with van der Waals surface area (Å²) >= 11 is 1.24. The van der Waals surface area contributed by atoms with Crippen molar-refractivity contribution < 1.29 is 29.2 Å². The number of benzene rings is 1. The molecular weight excluding hydrogens is 478 g/mol. The number of non-ortho nitro benzene ring substituents is 1. The fourth-order valence-electron chi connectivity index (χ4n) is 3.91. The second kappa shape index (κ2) is 12.0. The molecule has 0 bridgehead atoms. The van der Waals surface area contributed by atoms with Gasteiger partial charge in [-0.3, -0.25) is 19.7 Å². The number of thioether (sulfide) groups is 1. The number of carbonyl (C=O) groups is 3. The molecule has 1 unspecified atom stereocenters. The molecule has 1 amide bonds. The number of nitro benzene ring substituents is 1. The maximum atomic E-state index is 13.6. The average Bonchev–Trinajstić information content (AvgIpc) is 2.81. The number of amides is 1. The van der Waals surface area contributed by atoms with Gasteiger partial charge in [-0.15, -0.1) is 11.8 Å². The first-order valence-corrected chi connectivity index (χ1v) is 12.2. The van der Waals surface area contributed by atoms with Crippen LogP contribution >= 0.6 is 11.8 Å². The molecule has 4 atom stereocenters. The van der Waals surface area contributed by atoms with Gasteiger partial charge in [-0.2, -0.15) is 0 Å². The summed E-state index contributed by atoms with van der Waals surface area (Å²) in [7, 11) is 0. The molecule has 1 N–H and O–H groups in total. The molecule has 0 radical (unpaired) electrons. The number of esters is 1. The lowest BCUT2D eigenvalue weighted by Crippen LogP contribution is -2.70. The van der Waals surface area contributed by atoms with Crippen molar-refractivity contribution in [1.29, 1.82) is 0 Å². The third-order valence-corrected chi connectivity index (χ3v) is 6.95. The van der Waals surface area contributed by atoms with Crippen LogP contribution in [0.1, 0.15) is 39.2 Å². The summed E-state index contributed by atoms with van der Waals surface area (Å²) in [5.41, 5.74) is 7.78. The van der Waals surface area contributed by atoms with Crippen LogP contribution in [0.25, 0.3) is 10.4 Å². The maximum absolute atomic E-state index is 13.6. The molecule has 1 heterocycles. The number of ether oxygens (including phenoxy) is 1. The molecule has 1 aliphatic heterocycles. The second-order valence-electron chi connectivity index (χ2n) is 8.88. The van der Waals surface area contributed by atoms with Crippen molar-refractivity contribution in [3.05, 3.63) is 50.4 Å². The van der Waals surface area contributed by atoms with Gasteiger partial charge >= 0.3 is 5.97 Å². The minimum atomic E-state index is -1.53. The molecule has 0 saturated carbocycles. The molecule has 1 aromatic rings. The normalized spacial score (nSPS) is 19.2. The Labute approximate surface area is 206 Å². The quantitative estimate of drug-likeness (QED) is 0.0487. The van der Waals surface area contributed by atoms with E-state index in [-0.39, 0.29) is 18.8 Å². The molecule has 1 saturated heterocycles. The van der Waals surface area contributed by atoms with Crippen molar-refractivity contribution >= 4 is 35.1 Å². The van der Waals surface area contributed by atoms with E-state index in [1.165, 1.54) is 43.0 Å². The van der Waals surface area contributed by atoms with Crippen LogP contribution in [0.2, 0.25) is 0 Å². The maximum Gasteiger partial charge on any atom is 0.337 e. The lowest BCUT2D eigenvalue weighted by Gasteiger charge is -2.50. The van der Waals surface area contributed by atoms with E-state index in [9.17, 15) is 29.6 Å². The van der Waals surface area contributed by atoms with E-state index < -0.39 is 51.4 Å². The second-order valence-corrected chi connectivity index (χ2v) is 9.83. The largest absolute Gasteiger partial charge is 0.459 e. The molecule has 1 aliphatic rings. The highest BCUT2D eigenvalue weighted by Crippen LogP contribution is 2.40. The van der Waals surface area contributed by atoms with Gasteiger partial charge in [0.25, 0.3) is 5.69 Å². The molecule has 12 nitrogen and oxygen atoms in total. The fraction of sp³-hybridized carbons (Fsp3) is 0.591. The number of azide groups is 1. The summed E-state index contributed by atoms with van der Waals surface area (Å²) in [4.78, 5) is 53.8. The number of nitro groups is 1. The number of nitrogens with zero attached hydrogens (tertiary/aromatic N) is 5. The molecule has 0 aliphatic carbocycles. The summed E-state index contributed by atoms with van der Waals surface area (Å²) < 4.78 is 5.38. The summed E-state index contributed by atoms with van der Waals surface area (Å²) in [5, 5.41) is 23.7. The van der Waals surface area contributed by atoms with Crippen LogP contribution in [0.4, 0.5) is 5.69 Å². The summed E-state index contributed by atoms with van der Waals surface area (Å²) in [6, 6.07) is 3.89. The van der Waals surface area contributed by atoms with Crippen molar-refractivity contribution in [1.82, 2.24) is 4.90 Å². The number of likely N-dealkylation sites (tertiary alicyclic amines) is 1. The van der Waals surface area contributed by atoms with Gasteiger partial charge in [0.05, 0.1) is 22.3 Å². The first kappa shape index (κ1) is 28.1. The van der Waals surface area contributed by atoms with Gasteiger partial charge in [0.15, 0.2) is 11.8 Å². The van der Waals surface area contributed by atoms with Crippen molar-refractivity contribution in [2.45, 2.75) is 57.7 Å². The van der Waals surface area contributed by atoms with Crippen molar-refractivity contribution in [3.63, 3.8) is 0 Å². The Morgan fingerprint density at radius 2 is 2.00 bits per heavy atom. The minimum absolute atomic E-state index is 0.117. The Balaban J connectivity index is 2.27. The lowest BCUT2D eigenvalue weighted by atomic mass is 9.78. The average molecular weight is 508 g/mol. The molecule has 1 fully saturated rings. The predicted octanol–water partition coefficient (Wildman–Crippen LogP) is 3.22. The van der Waals surface area contributed by atoms with Gasteiger partial charge in [0.1, 0.15) is 6.61 Å². The van der Waals surface area contributed by atoms with Crippen LogP contribution in [0.15, 0.2) is 29.4 Å². The van der Waals surface area contributed by atoms with Crippen LogP contribution in [-0.2, 0) is 25.7 Å². The lowest BCUT2D eigenvalue weighted by molar-refractivity contribution is -0.384. The number of rotatable bonds is 13. The molecule has 0 spiro atoms. The third kappa shape index (κ3) is 6.50. The highest BCUT2D eigenvalue weighted by molar-refractivity contribution is 7.99. The monoisotopic (exact) mass is 507 g/mol. The smallest absolute Gasteiger partial charge is 0.337 e. The zero-order chi connectivity index (χ0) is 26.3. The first-order chi connectivity index (χ1) is 16.5. The molecule has 190 valence electrons. The number of hydrogen-bond acceptors (Lipinski definition) is 9. The van der Waals surface area contributed by atoms with E-state index in [0.717, 1.165) is 4.90 Å². The molecule has 0 aromatic heterocycles. The summed E-state index contributed by atoms with van der Waals surface area (Å²) in [6.45, 7) is 4.71. The van der Waals surface area contributed by atoms with E-state index >= 15 is 0 Å². The van der Waals surface area contributed by atoms with E-state index in [1.807, 2.05) is 0 Å². The Kier molecular flexibility index (Phi) is 9.64. The van der Waals surface area contributed by atoms with E-state index in [0.29, 0.717) is 18.4 Å². The van der Waals surface area contributed by atoms with E-state index in [2.05, 4.69) is 10.0 Å². The number of hydrogen-bond donors (Lipinski definition) is 1. The van der Waals surface area contributed by atoms with Gasteiger partial charge in [0.2, 0.25) is 5.91 Å². The van der Waals surface area contributed by atoms with Crippen molar-refractivity contribution in [2.75, 3.05) is 12.8 Å². The van der Waals surface area contributed by atoms with Crippen LogP contribution in [0, 0.1) is 21.4 Å². The standard InChI is InChI=1S/C22H29N5O7S/c1-13(28)16-19(30)26(20(16)35-4)17(18(29)22(2,3)10-5-11-24-25-23)21(31)34-12-14-6-8-15(9-7-14)27(32)33/h6-9,13,16-17,20,28H,5,10-12H2,1-4H3/t13-,16+,17?,20-/m1/s1. The first-order valence-electron chi connectivity index (χ1n) is 10.9. The Bertz CT molecular complexity index is 1010. The fourth-order valence-corrected chi connectivity index (χ4v) is 5.00. The zero-order valence-corrected chi connectivity index (χ0v) is 20.8. The zero-order valence-electron chi connectivity index (χ0n) is 20.0. The van der Waals surface area contributed by atoms with Gasteiger partial charge in [0, 0.05) is 29.0 Å². The Morgan fingerprint density at radius 3 is 2.51 bits per heavy atom. The SMILES string of the molecule is CS[C@@H]1[C@@H]([C@@H](C)O)C(=O)N1C(C(=O)OCc1ccc([N+](=O)[O-])cc1)C(=O)C(C)(C)CCCN=[N+]=[N-]. The van der Waals surface area contributed by atoms with Gasteiger partial charge in [-0.05, 0) is 49.2 Å². The number of β-lactam (4-membered cyclic amide) rings is 1. The number of ketones is 1. The molecular formula is C22H29N5O7S. The molecule has 13 heteroatoms. The molecule has 2 rings (SSSR count). The Morgan fingerprint density at radius 1 is 1.37 bits per heavy atom. The third-order valence-electron chi connectivity index (χ3n) is 5.95. The number of carbonyl (C=O) groups excluding carboxylic acids is 3. The van der Waals surface area contributed by atoms with Crippen LogP contribution in [-0.4, -0.2) is 62.9 Å². The van der Waals surface area contributed by atoms with Crippen LogP contribution in [0.3, 0.4) is 0 Å². The number of Topliss-reactive ketones (excluding diaryl/α,β-unsaturated/α-hetero) is 1. The summed E-state index contributed by atoms with van der Waals surface area (Å²) in [6.07, 6.45) is 1.47. The predicted molar refractivity (Wildman–Crippen MR) is 128 cm³/mol. The van der Waals surface area contributed by atoms with Crippen molar-refractivity contribution in [2.24, 2.45) is 16.4 Å². The van der Waals surface area contributed by atoms with Crippen LogP contribution in [0.5, 0.6) is 0 Å². The molecule has 1 aromatic carbocycles. The highest BCUT2D eigenvalue weighted by atomic mass is 32.2. The van der Waals surface area contributed by atoms with E-state index in [4.69, 9.17) is 10.3 Å². The Hall–Kier alpha value is -3.15. The molecule has 35 heavy (non-hydrogen) atoms. The summed E-state index contributed by atoms with van der Waals surface area (Å²) in [5.74, 6) is -2.72. The van der Waals surface area contributed by atoms with Gasteiger partial charge < -0.3 is 14.7 Å².